The average Bonchev–Trinajstić information content (AvgIpc) is 2.70. The number of allylic oxidation sites excluding steroid dienone is 1. The lowest BCUT2D eigenvalue weighted by molar-refractivity contribution is 0.575. The van der Waals surface area contributed by atoms with E-state index in [1.54, 1.807) is 24.3 Å². The zero-order valence-electron chi connectivity index (χ0n) is 15.3. The van der Waals surface area contributed by atoms with E-state index in [1.807, 2.05) is 66.7 Å². The van der Waals surface area contributed by atoms with E-state index >= 15 is 0 Å². The maximum Gasteiger partial charge on any atom is 0.181 e. The SMILES string of the molecule is C=C(Cc1ccccc1)CC(Cc1ccccc1)S(=O)(=O)c1ccccc1. The Bertz CT molecular complexity index is 963. The molecule has 3 aromatic rings. The van der Waals surface area contributed by atoms with E-state index in [2.05, 4.69) is 6.58 Å². The fraction of sp³-hybridized carbons (Fsp3) is 0.167. The topological polar surface area (TPSA) is 34.1 Å². The van der Waals surface area contributed by atoms with Crippen LogP contribution in [0.3, 0.4) is 0 Å². The van der Waals surface area contributed by atoms with Crippen molar-refractivity contribution in [2.75, 3.05) is 0 Å². The van der Waals surface area contributed by atoms with Crippen LogP contribution in [0.25, 0.3) is 0 Å². The van der Waals surface area contributed by atoms with Gasteiger partial charge >= 0.3 is 0 Å². The van der Waals surface area contributed by atoms with Gasteiger partial charge in [-0.05, 0) is 42.5 Å². The molecule has 0 aliphatic carbocycles. The molecule has 0 heterocycles. The van der Waals surface area contributed by atoms with E-state index in [1.165, 1.54) is 0 Å². The van der Waals surface area contributed by atoms with Crippen LogP contribution in [0.5, 0.6) is 0 Å². The maximum atomic E-state index is 13.3. The van der Waals surface area contributed by atoms with Crippen LogP contribution < -0.4 is 0 Å². The van der Waals surface area contributed by atoms with Crippen LogP contribution >= 0.6 is 0 Å². The fourth-order valence-corrected chi connectivity index (χ4v) is 5.04. The molecule has 3 aromatic carbocycles. The number of sulfone groups is 1. The summed E-state index contributed by atoms with van der Waals surface area (Å²) in [4.78, 5) is 0.374. The molecule has 0 aliphatic heterocycles. The van der Waals surface area contributed by atoms with Gasteiger partial charge in [-0.2, -0.15) is 0 Å². The van der Waals surface area contributed by atoms with E-state index in [9.17, 15) is 8.42 Å². The van der Waals surface area contributed by atoms with Crippen molar-refractivity contribution >= 4 is 9.84 Å². The van der Waals surface area contributed by atoms with Gasteiger partial charge in [-0.15, -0.1) is 0 Å². The quantitative estimate of drug-likeness (QED) is 0.503. The minimum absolute atomic E-state index is 0.374. The lowest BCUT2D eigenvalue weighted by atomic mass is 9.99. The van der Waals surface area contributed by atoms with Crippen molar-refractivity contribution < 1.29 is 8.42 Å². The molecule has 0 saturated heterocycles. The zero-order valence-corrected chi connectivity index (χ0v) is 16.1. The van der Waals surface area contributed by atoms with Crippen LogP contribution in [0.15, 0.2) is 108 Å². The minimum atomic E-state index is -3.45. The van der Waals surface area contributed by atoms with E-state index in [-0.39, 0.29) is 0 Å². The van der Waals surface area contributed by atoms with Crippen LogP contribution in [0.1, 0.15) is 17.5 Å². The van der Waals surface area contributed by atoms with Crippen molar-refractivity contribution in [3.63, 3.8) is 0 Å². The number of hydrogen-bond donors (Lipinski definition) is 0. The predicted molar refractivity (Wildman–Crippen MR) is 111 cm³/mol. The van der Waals surface area contributed by atoms with Crippen LogP contribution in [-0.2, 0) is 22.7 Å². The second-order valence-corrected chi connectivity index (χ2v) is 9.01. The van der Waals surface area contributed by atoms with Gasteiger partial charge in [0.25, 0.3) is 0 Å². The molecule has 2 nitrogen and oxygen atoms in total. The molecular formula is C24H24O2S. The second-order valence-electron chi connectivity index (χ2n) is 6.79. The molecule has 0 aromatic heterocycles. The Labute approximate surface area is 162 Å². The highest BCUT2D eigenvalue weighted by atomic mass is 32.2. The monoisotopic (exact) mass is 376 g/mol. The van der Waals surface area contributed by atoms with E-state index in [0.717, 1.165) is 16.7 Å². The van der Waals surface area contributed by atoms with E-state index in [0.29, 0.717) is 24.2 Å². The van der Waals surface area contributed by atoms with Crippen LogP contribution in [0, 0.1) is 0 Å². The van der Waals surface area contributed by atoms with Crippen molar-refractivity contribution in [3.8, 4) is 0 Å². The van der Waals surface area contributed by atoms with Crippen molar-refractivity contribution in [2.24, 2.45) is 0 Å². The highest BCUT2D eigenvalue weighted by Crippen LogP contribution is 2.25. The maximum absolute atomic E-state index is 13.3. The Kier molecular flexibility index (Phi) is 6.25. The standard InChI is InChI=1S/C24H24O2S/c1-20(17-21-11-5-2-6-12-21)18-24(19-22-13-7-3-8-14-22)27(25,26)23-15-9-4-10-16-23/h2-16,24H,1,17-19H2. The third-order valence-electron chi connectivity index (χ3n) is 4.63. The molecule has 0 radical (unpaired) electrons. The molecule has 1 unspecified atom stereocenters. The van der Waals surface area contributed by atoms with Crippen molar-refractivity contribution in [2.45, 2.75) is 29.4 Å². The van der Waals surface area contributed by atoms with Gasteiger partial charge in [-0.3, -0.25) is 0 Å². The van der Waals surface area contributed by atoms with Crippen molar-refractivity contribution in [1.29, 1.82) is 0 Å². The van der Waals surface area contributed by atoms with Crippen molar-refractivity contribution in [1.82, 2.24) is 0 Å². The van der Waals surface area contributed by atoms with Crippen LogP contribution in [-0.4, -0.2) is 13.7 Å². The Morgan fingerprint density at radius 2 is 1.22 bits per heavy atom. The summed E-state index contributed by atoms with van der Waals surface area (Å²) in [6, 6.07) is 28.6. The summed E-state index contributed by atoms with van der Waals surface area (Å²) in [6.07, 6.45) is 1.61. The van der Waals surface area contributed by atoms with Crippen LogP contribution in [0.4, 0.5) is 0 Å². The van der Waals surface area contributed by atoms with Gasteiger partial charge in [0.2, 0.25) is 0 Å². The summed E-state index contributed by atoms with van der Waals surface area (Å²) >= 11 is 0. The number of benzene rings is 3. The summed E-state index contributed by atoms with van der Waals surface area (Å²) < 4.78 is 26.6. The summed E-state index contributed by atoms with van der Waals surface area (Å²) in [7, 11) is -3.45. The molecule has 0 bridgehead atoms. The third kappa shape index (κ3) is 5.18. The van der Waals surface area contributed by atoms with Gasteiger partial charge < -0.3 is 0 Å². The largest absolute Gasteiger partial charge is 0.223 e. The molecule has 0 fully saturated rings. The molecular weight excluding hydrogens is 352 g/mol. The molecule has 0 amide bonds. The minimum Gasteiger partial charge on any atom is -0.223 e. The van der Waals surface area contributed by atoms with Gasteiger partial charge in [0, 0.05) is 0 Å². The first kappa shape index (κ1) is 19.1. The molecule has 3 heteroatoms. The zero-order chi connectivity index (χ0) is 19.1. The van der Waals surface area contributed by atoms with Gasteiger partial charge in [0.15, 0.2) is 9.84 Å². The van der Waals surface area contributed by atoms with E-state index < -0.39 is 15.1 Å². The first-order chi connectivity index (χ1) is 13.1. The predicted octanol–water partition coefficient (Wildman–Crippen LogP) is 5.26. The Morgan fingerprint density at radius 3 is 1.78 bits per heavy atom. The summed E-state index contributed by atoms with van der Waals surface area (Å²) in [5.41, 5.74) is 3.11. The molecule has 138 valence electrons. The molecule has 27 heavy (non-hydrogen) atoms. The molecule has 0 aliphatic rings. The molecule has 3 rings (SSSR count). The van der Waals surface area contributed by atoms with Crippen LogP contribution in [0.2, 0.25) is 0 Å². The molecule has 0 saturated carbocycles. The van der Waals surface area contributed by atoms with Crippen molar-refractivity contribution in [3.05, 3.63) is 114 Å². The number of hydrogen-bond acceptors (Lipinski definition) is 2. The Morgan fingerprint density at radius 1 is 0.741 bits per heavy atom. The van der Waals surface area contributed by atoms with Gasteiger partial charge in [-0.1, -0.05) is 91.0 Å². The second kappa shape index (κ2) is 8.83. The summed E-state index contributed by atoms with van der Waals surface area (Å²) in [5.74, 6) is 0. The number of rotatable bonds is 8. The highest BCUT2D eigenvalue weighted by molar-refractivity contribution is 7.92. The third-order valence-corrected chi connectivity index (χ3v) is 6.77. The Hall–Kier alpha value is -2.65. The van der Waals surface area contributed by atoms with Gasteiger partial charge in [-0.25, -0.2) is 8.42 Å². The Balaban J connectivity index is 1.84. The smallest absolute Gasteiger partial charge is 0.181 e. The van der Waals surface area contributed by atoms with Gasteiger partial charge in [0.05, 0.1) is 10.1 Å². The van der Waals surface area contributed by atoms with Gasteiger partial charge in [0.1, 0.15) is 0 Å². The molecule has 0 spiro atoms. The fourth-order valence-electron chi connectivity index (χ4n) is 3.25. The summed E-state index contributed by atoms with van der Waals surface area (Å²) in [5, 5.41) is -0.529. The molecule has 1 atom stereocenters. The normalized spacial score (nSPS) is 12.4. The lowest BCUT2D eigenvalue weighted by Crippen LogP contribution is -2.25. The van der Waals surface area contributed by atoms with E-state index in [4.69, 9.17) is 0 Å². The lowest BCUT2D eigenvalue weighted by Gasteiger charge is -2.19. The molecule has 0 N–H and O–H groups in total. The first-order valence-corrected chi connectivity index (χ1v) is 10.6. The first-order valence-electron chi connectivity index (χ1n) is 9.09. The highest BCUT2D eigenvalue weighted by Gasteiger charge is 2.28. The average molecular weight is 377 g/mol. The summed E-state index contributed by atoms with van der Waals surface area (Å²) in [6.45, 7) is 4.17.